The van der Waals surface area contributed by atoms with Crippen LogP contribution in [0.2, 0.25) is 0 Å². The van der Waals surface area contributed by atoms with E-state index in [1.165, 1.54) is 12.1 Å². The van der Waals surface area contributed by atoms with E-state index in [1.807, 2.05) is 4.31 Å². The van der Waals surface area contributed by atoms with Crippen molar-refractivity contribution in [3.05, 3.63) is 35.8 Å². The van der Waals surface area contributed by atoms with Crippen molar-refractivity contribution in [1.29, 1.82) is 0 Å². The van der Waals surface area contributed by atoms with Crippen LogP contribution in [0.3, 0.4) is 0 Å². The SMILES string of the molecule is O=C(O)C1=CC2=CNSN2C=C1. The third kappa shape index (κ3) is 1.08. The number of rotatable bonds is 1. The van der Waals surface area contributed by atoms with Crippen LogP contribution < -0.4 is 4.72 Å². The topological polar surface area (TPSA) is 52.6 Å². The number of fused-ring (bicyclic) bond motifs is 1. The summed E-state index contributed by atoms with van der Waals surface area (Å²) in [5, 5.41) is 8.67. The normalized spacial score (nSPS) is 19.5. The van der Waals surface area contributed by atoms with Crippen molar-refractivity contribution < 1.29 is 9.90 Å². The van der Waals surface area contributed by atoms with Crippen LogP contribution in [0.4, 0.5) is 0 Å². The predicted molar refractivity (Wildman–Crippen MR) is 45.5 cm³/mol. The maximum absolute atomic E-state index is 10.6. The monoisotopic (exact) mass is 182 g/mol. The van der Waals surface area contributed by atoms with Gasteiger partial charge in [-0.05, 0) is 12.2 Å². The molecule has 0 atom stereocenters. The number of nitrogens with zero attached hydrogens (tertiary/aromatic N) is 1. The summed E-state index contributed by atoms with van der Waals surface area (Å²) >= 11 is 1.41. The molecule has 2 rings (SSSR count). The first-order chi connectivity index (χ1) is 5.77. The summed E-state index contributed by atoms with van der Waals surface area (Å²) in [6, 6.07) is 0. The van der Waals surface area contributed by atoms with E-state index < -0.39 is 5.97 Å². The van der Waals surface area contributed by atoms with Crippen molar-refractivity contribution in [1.82, 2.24) is 9.03 Å². The van der Waals surface area contributed by atoms with Crippen LogP contribution in [0.15, 0.2) is 35.8 Å². The largest absolute Gasteiger partial charge is 0.478 e. The maximum atomic E-state index is 10.6. The fraction of sp³-hybridized carbons (Fsp3) is 0. The molecule has 0 saturated carbocycles. The zero-order valence-electron chi connectivity index (χ0n) is 6.02. The zero-order chi connectivity index (χ0) is 8.55. The zero-order valence-corrected chi connectivity index (χ0v) is 6.84. The molecule has 0 saturated heterocycles. The second-order valence-electron chi connectivity index (χ2n) is 2.32. The highest BCUT2D eigenvalue weighted by Gasteiger charge is 2.18. The predicted octanol–water partition coefficient (Wildman–Crippen LogP) is 0.835. The van der Waals surface area contributed by atoms with Crippen molar-refractivity contribution >= 4 is 18.1 Å². The van der Waals surface area contributed by atoms with Crippen LogP contribution in [0.1, 0.15) is 0 Å². The minimum Gasteiger partial charge on any atom is -0.478 e. The first-order valence-corrected chi connectivity index (χ1v) is 4.10. The van der Waals surface area contributed by atoms with Gasteiger partial charge in [-0.25, -0.2) is 4.79 Å². The lowest BCUT2D eigenvalue weighted by atomic mass is 10.2. The molecule has 0 amide bonds. The minimum atomic E-state index is -0.899. The molecule has 0 aliphatic carbocycles. The van der Waals surface area contributed by atoms with Gasteiger partial charge in [0.05, 0.1) is 23.4 Å². The molecule has 12 heavy (non-hydrogen) atoms. The molecule has 2 aliphatic heterocycles. The molecule has 0 aromatic rings. The van der Waals surface area contributed by atoms with Gasteiger partial charge in [-0.15, -0.1) is 0 Å². The quantitative estimate of drug-likeness (QED) is 0.588. The Morgan fingerprint density at radius 2 is 2.50 bits per heavy atom. The Bertz CT molecular complexity index is 319. The van der Waals surface area contributed by atoms with E-state index in [2.05, 4.69) is 4.72 Å². The van der Waals surface area contributed by atoms with Crippen LogP contribution in [-0.2, 0) is 4.79 Å². The molecule has 2 heterocycles. The summed E-state index contributed by atoms with van der Waals surface area (Å²) in [5.41, 5.74) is 1.17. The van der Waals surface area contributed by atoms with E-state index in [1.54, 1.807) is 24.6 Å². The summed E-state index contributed by atoms with van der Waals surface area (Å²) in [7, 11) is 0. The van der Waals surface area contributed by atoms with Gasteiger partial charge in [0.2, 0.25) is 0 Å². The highest BCUT2D eigenvalue weighted by atomic mass is 32.2. The number of aliphatic carboxylic acids is 1. The lowest BCUT2D eigenvalue weighted by Gasteiger charge is -2.15. The lowest BCUT2D eigenvalue weighted by molar-refractivity contribution is -0.132. The summed E-state index contributed by atoms with van der Waals surface area (Å²) < 4.78 is 4.77. The maximum Gasteiger partial charge on any atom is 0.335 e. The number of nitrogens with one attached hydrogen (secondary N) is 1. The highest BCUT2D eigenvalue weighted by Crippen LogP contribution is 2.27. The molecule has 5 heteroatoms. The first kappa shape index (κ1) is 7.30. The Labute approximate surface area is 73.5 Å². The number of allylic oxidation sites excluding steroid dienone is 1. The molecule has 0 unspecified atom stereocenters. The van der Waals surface area contributed by atoms with E-state index in [-0.39, 0.29) is 0 Å². The van der Waals surface area contributed by atoms with Crippen LogP contribution in [0.25, 0.3) is 0 Å². The first-order valence-electron chi connectivity index (χ1n) is 3.32. The van der Waals surface area contributed by atoms with E-state index in [0.717, 1.165) is 5.70 Å². The lowest BCUT2D eigenvalue weighted by Crippen LogP contribution is -2.09. The van der Waals surface area contributed by atoms with E-state index in [9.17, 15) is 4.79 Å². The standard InChI is InChI=1S/C7H6N2O2S/c10-7(11)5-1-2-9-6(3-5)4-8-12-9/h1-4,8H,(H,10,11). The third-order valence-corrected chi connectivity index (χ3v) is 2.30. The van der Waals surface area contributed by atoms with Gasteiger partial charge in [-0.2, -0.15) is 0 Å². The van der Waals surface area contributed by atoms with Crippen LogP contribution >= 0.6 is 12.1 Å². The number of carbonyl (C=O) groups is 1. The van der Waals surface area contributed by atoms with Crippen LogP contribution in [0.5, 0.6) is 0 Å². The second-order valence-corrected chi connectivity index (χ2v) is 3.14. The Morgan fingerprint density at radius 1 is 1.67 bits per heavy atom. The fourth-order valence-electron chi connectivity index (χ4n) is 0.970. The molecule has 0 bridgehead atoms. The number of carboxylic acid groups (broad SMARTS) is 1. The molecule has 0 aromatic carbocycles. The van der Waals surface area contributed by atoms with E-state index in [4.69, 9.17) is 5.11 Å². The average molecular weight is 182 g/mol. The Morgan fingerprint density at radius 3 is 3.25 bits per heavy atom. The fourth-order valence-corrected chi connectivity index (χ4v) is 1.59. The molecular formula is C7H6N2O2S. The van der Waals surface area contributed by atoms with Crippen molar-refractivity contribution in [2.45, 2.75) is 0 Å². The number of carboxylic acids is 1. The molecule has 2 aliphatic rings. The van der Waals surface area contributed by atoms with Crippen molar-refractivity contribution in [2.24, 2.45) is 0 Å². The molecule has 4 nitrogen and oxygen atoms in total. The van der Waals surface area contributed by atoms with E-state index >= 15 is 0 Å². The van der Waals surface area contributed by atoms with Crippen molar-refractivity contribution in [2.75, 3.05) is 0 Å². The van der Waals surface area contributed by atoms with E-state index in [0.29, 0.717) is 5.57 Å². The van der Waals surface area contributed by atoms with Gasteiger partial charge in [0, 0.05) is 12.4 Å². The molecule has 0 aromatic heterocycles. The smallest absolute Gasteiger partial charge is 0.335 e. The van der Waals surface area contributed by atoms with Gasteiger partial charge in [0.15, 0.2) is 0 Å². The van der Waals surface area contributed by atoms with Crippen LogP contribution in [0, 0.1) is 0 Å². The molecule has 0 fully saturated rings. The third-order valence-electron chi connectivity index (χ3n) is 1.55. The highest BCUT2D eigenvalue weighted by molar-refractivity contribution is 7.95. The van der Waals surface area contributed by atoms with Gasteiger partial charge in [0.25, 0.3) is 0 Å². The minimum absolute atomic E-state index is 0.307. The Balaban J connectivity index is 2.31. The summed E-state index contributed by atoms with van der Waals surface area (Å²) in [6.07, 6.45) is 6.67. The average Bonchev–Trinajstić information content (AvgIpc) is 2.49. The second kappa shape index (κ2) is 2.60. The summed E-state index contributed by atoms with van der Waals surface area (Å²) in [6.45, 7) is 0. The molecular weight excluding hydrogens is 176 g/mol. The summed E-state index contributed by atoms with van der Waals surface area (Å²) in [4.78, 5) is 10.6. The van der Waals surface area contributed by atoms with Gasteiger partial charge in [-0.1, -0.05) is 0 Å². The van der Waals surface area contributed by atoms with Crippen molar-refractivity contribution in [3.63, 3.8) is 0 Å². The van der Waals surface area contributed by atoms with Gasteiger partial charge in [0.1, 0.15) is 0 Å². The molecule has 2 N–H and O–H groups in total. The Hall–Kier alpha value is -1.36. The molecule has 62 valence electrons. The van der Waals surface area contributed by atoms with Crippen LogP contribution in [-0.4, -0.2) is 15.4 Å². The van der Waals surface area contributed by atoms with Gasteiger partial charge >= 0.3 is 5.97 Å². The van der Waals surface area contributed by atoms with Gasteiger partial charge in [-0.3, -0.25) is 4.31 Å². The van der Waals surface area contributed by atoms with Crippen molar-refractivity contribution in [3.8, 4) is 0 Å². The Kier molecular flexibility index (Phi) is 1.58. The number of hydrogen-bond acceptors (Lipinski definition) is 4. The molecule has 0 radical (unpaired) electrons. The molecule has 0 spiro atoms. The number of hydrogen-bond donors (Lipinski definition) is 2. The van der Waals surface area contributed by atoms with Gasteiger partial charge < -0.3 is 9.83 Å². The summed E-state index contributed by atoms with van der Waals surface area (Å²) in [5.74, 6) is -0.899.